The molecule has 0 spiro atoms. The van der Waals surface area contributed by atoms with Gasteiger partial charge in [0.25, 0.3) is 0 Å². The third-order valence-electron chi connectivity index (χ3n) is 0.340. The van der Waals surface area contributed by atoms with Gasteiger partial charge in [-0.2, -0.15) is 0 Å². The number of halogens is 1. The molecule has 0 saturated heterocycles. The number of alkyl halides is 1. The zero-order valence-electron chi connectivity index (χ0n) is 7.31. The summed E-state index contributed by atoms with van der Waals surface area (Å²) in [4.78, 5) is 9.69. The number of rotatable bonds is 1. The van der Waals surface area contributed by atoms with Crippen molar-refractivity contribution in [2.75, 3.05) is 0 Å². The van der Waals surface area contributed by atoms with Crippen LogP contribution in [-0.2, 0) is 4.79 Å². The van der Waals surface area contributed by atoms with Crippen LogP contribution in [0.3, 0.4) is 0 Å². The molecule has 0 radical (unpaired) electrons. The first-order valence-electron chi connectivity index (χ1n) is 1.51. The van der Waals surface area contributed by atoms with Gasteiger partial charge in [-0.3, -0.25) is 4.79 Å². The fourth-order valence-electron chi connectivity index (χ4n) is 0. The van der Waals surface area contributed by atoms with Crippen LogP contribution < -0.4 is 103 Å². The predicted octanol–water partition coefficient (Wildman–Crippen LogP) is -4.87. The monoisotopic (exact) mass is 280 g/mol. The second kappa shape index (κ2) is 10.5. The molecule has 0 aliphatic carbocycles. The quantitative estimate of drug-likeness (QED) is 0.297. The molecule has 5 heteroatoms. The number of hydrogen-bond acceptors (Lipinski definition) is 1. The number of aliphatic carboxylic acids is 1. The molecule has 0 aliphatic heterocycles. The van der Waals surface area contributed by atoms with E-state index in [2.05, 4.69) is 0 Å². The van der Waals surface area contributed by atoms with Gasteiger partial charge in [0, 0.05) is 0 Å². The molecule has 0 aromatic carbocycles. The van der Waals surface area contributed by atoms with E-state index in [-0.39, 0.29) is 110 Å². The van der Waals surface area contributed by atoms with Crippen molar-refractivity contribution in [3.8, 4) is 0 Å². The Bertz CT molecular complexity index is 73.5. The summed E-state index contributed by atoms with van der Waals surface area (Å²) in [7, 11) is 0. The molecule has 0 rings (SSSR count). The fourth-order valence-corrected chi connectivity index (χ4v) is 0. The van der Waals surface area contributed by atoms with Crippen molar-refractivity contribution in [3.63, 3.8) is 0 Å². The summed E-state index contributed by atoms with van der Waals surface area (Å²) in [5.41, 5.74) is 0. The van der Waals surface area contributed by atoms with Crippen LogP contribution in [0.4, 0.5) is 0 Å². The van der Waals surface area contributed by atoms with Crippen molar-refractivity contribution >= 4 is 28.6 Å². The molecule has 1 N–H and O–H groups in total. The molecule has 2 nitrogen and oxygen atoms in total. The molecular formula is C3H7IK2O2. The van der Waals surface area contributed by atoms with Crippen molar-refractivity contribution in [3.05, 3.63) is 0 Å². The SMILES string of the molecule is CC(I)C(=O)O.[H-].[H-].[K+].[K+]. The van der Waals surface area contributed by atoms with E-state index in [1.165, 1.54) is 0 Å². The summed E-state index contributed by atoms with van der Waals surface area (Å²) in [5, 5.41) is 7.98. The summed E-state index contributed by atoms with van der Waals surface area (Å²) in [6, 6.07) is 0. The van der Waals surface area contributed by atoms with Crippen LogP contribution in [0.5, 0.6) is 0 Å². The van der Waals surface area contributed by atoms with E-state index in [1.807, 2.05) is 22.6 Å². The maximum Gasteiger partial charge on any atom is 1.00 e. The van der Waals surface area contributed by atoms with E-state index in [4.69, 9.17) is 5.11 Å². The summed E-state index contributed by atoms with van der Waals surface area (Å²) < 4.78 is -0.261. The zero-order valence-corrected chi connectivity index (χ0v) is 13.7. The van der Waals surface area contributed by atoms with Crippen molar-refractivity contribution in [1.29, 1.82) is 0 Å². The average molecular weight is 280 g/mol. The molecule has 0 fully saturated rings. The molecule has 0 aromatic heterocycles. The van der Waals surface area contributed by atoms with Gasteiger partial charge in [-0.15, -0.1) is 0 Å². The molecule has 0 heterocycles. The van der Waals surface area contributed by atoms with E-state index in [9.17, 15) is 4.79 Å². The topological polar surface area (TPSA) is 37.3 Å². The van der Waals surface area contributed by atoms with Gasteiger partial charge in [-0.05, 0) is 6.92 Å². The normalized spacial score (nSPS) is 10.2. The van der Waals surface area contributed by atoms with Crippen LogP contribution in [0.15, 0.2) is 0 Å². The standard InChI is InChI=1S/C3H5IO2.2K.2H/c1-2(4)3(5)6;;;;/h2H,1H3,(H,5,6);;;;/q;2*+1;2*-1. The summed E-state index contributed by atoms with van der Waals surface area (Å²) >= 11 is 1.83. The summed E-state index contributed by atoms with van der Waals surface area (Å²) in [6.07, 6.45) is 0. The van der Waals surface area contributed by atoms with Gasteiger partial charge in [0.2, 0.25) is 0 Å². The van der Waals surface area contributed by atoms with E-state index >= 15 is 0 Å². The first-order chi connectivity index (χ1) is 2.64. The molecule has 0 bridgehead atoms. The number of carbonyl (C=O) groups is 1. The number of carboxylic acids is 1. The summed E-state index contributed by atoms with van der Waals surface area (Å²) in [6.45, 7) is 1.63. The van der Waals surface area contributed by atoms with Crippen LogP contribution in [-0.4, -0.2) is 15.0 Å². The predicted molar refractivity (Wildman–Crippen MR) is 33.3 cm³/mol. The van der Waals surface area contributed by atoms with Gasteiger partial charge >= 0.3 is 109 Å². The molecule has 0 aromatic rings. The Morgan fingerprint density at radius 2 is 1.88 bits per heavy atom. The summed E-state index contributed by atoms with van der Waals surface area (Å²) in [5.74, 6) is -0.754. The first kappa shape index (κ1) is 17.5. The zero-order chi connectivity index (χ0) is 5.15. The second-order valence-electron chi connectivity index (χ2n) is 0.954. The third kappa shape index (κ3) is 12.2. The Morgan fingerprint density at radius 1 is 1.75 bits per heavy atom. The van der Waals surface area contributed by atoms with E-state index in [0.29, 0.717) is 0 Å². The van der Waals surface area contributed by atoms with Crippen LogP contribution >= 0.6 is 22.6 Å². The minimum Gasteiger partial charge on any atom is -1.00 e. The Hall–Kier alpha value is 3.47. The average Bonchev–Trinajstić information content (AvgIpc) is 1.36. The van der Waals surface area contributed by atoms with Crippen molar-refractivity contribution < 1.29 is 116 Å². The molecule has 1 unspecified atom stereocenters. The molecule has 40 valence electrons. The molecule has 0 amide bonds. The molecular weight excluding hydrogens is 273 g/mol. The van der Waals surface area contributed by atoms with Gasteiger partial charge in [-0.1, -0.05) is 22.6 Å². The van der Waals surface area contributed by atoms with Gasteiger partial charge < -0.3 is 7.96 Å². The van der Waals surface area contributed by atoms with Crippen LogP contribution in [0.1, 0.15) is 9.78 Å². The molecule has 8 heavy (non-hydrogen) atoms. The van der Waals surface area contributed by atoms with Gasteiger partial charge in [0.15, 0.2) is 0 Å². The fraction of sp³-hybridized carbons (Fsp3) is 0.667. The second-order valence-corrected chi connectivity index (χ2v) is 2.82. The Balaban J connectivity index is -0.0000000208. The largest absolute Gasteiger partial charge is 1.00 e. The van der Waals surface area contributed by atoms with Crippen molar-refractivity contribution in [1.82, 2.24) is 0 Å². The van der Waals surface area contributed by atoms with Crippen LogP contribution in [0.25, 0.3) is 0 Å². The number of carboxylic acid groups (broad SMARTS) is 1. The minimum absolute atomic E-state index is 0. The first-order valence-corrected chi connectivity index (χ1v) is 2.76. The smallest absolute Gasteiger partial charge is 1.00 e. The van der Waals surface area contributed by atoms with Gasteiger partial charge in [0.05, 0.1) is 0 Å². The Kier molecular flexibility index (Phi) is 22.9. The van der Waals surface area contributed by atoms with Crippen molar-refractivity contribution in [2.45, 2.75) is 10.8 Å². The molecule has 0 aliphatic rings. The Labute approximate surface area is 151 Å². The maximum atomic E-state index is 9.69. The molecule has 0 saturated carbocycles. The minimum atomic E-state index is -0.754. The van der Waals surface area contributed by atoms with Crippen LogP contribution in [0, 0.1) is 0 Å². The maximum absolute atomic E-state index is 9.69. The third-order valence-corrected chi connectivity index (χ3v) is 0.873. The van der Waals surface area contributed by atoms with Crippen LogP contribution in [0.2, 0.25) is 0 Å². The van der Waals surface area contributed by atoms with E-state index in [1.54, 1.807) is 6.92 Å². The Morgan fingerprint density at radius 3 is 1.88 bits per heavy atom. The van der Waals surface area contributed by atoms with Gasteiger partial charge in [-0.25, -0.2) is 0 Å². The number of hydrogen-bond donors (Lipinski definition) is 1. The van der Waals surface area contributed by atoms with Crippen molar-refractivity contribution in [2.24, 2.45) is 0 Å². The van der Waals surface area contributed by atoms with E-state index in [0.717, 1.165) is 0 Å². The van der Waals surface area contributed by atoms with E-state index < -0.39 is 5.97 Å². The molecule has 1 atom stereocenters. The van der Waals surface area contributed by atoms with Gasteiger partial charge in [0.1, 0.15) is 3.92 Å².